The van der Waals surface area contributed by atoms with Gasteiger partial charge < -0.3 is 9.64 Å². The van der Waals surface area contributed by atoms with Crippen molar-refractivity contribution < 1.29 is 9.53 Å². The maximum Gasteiger partial charge on any atom is 0.265 e. The summed E-state index contributed by atoms with van der Waals surface area (Å²) < 4.78 is 6.60. The largest absolute Gasteiger partial charge is 0.372 e. The molecule has 0 spiro atoms. The van der Waals surface area contributed by atoms with Crippen molar-refractivity contribution in [2.24, 2.45) is 0 Å². The van der Waals surface area contributed by atoms with Crippen LogP contribution in [0.4, 0.5) is 0 Å². The molecule has 1 fully saturated rings. The number of hydrogen-bond acceptors (Lipinski definition) is 3. The molecule has 1 aliphatic heterocycles. The van der Waals surface area contributed by atoms with Crippen molar-refractivity contribution >= 4 is 50.5 Å². The van der Waals surface area contributed by atoms with Crippen LogP contribution in [-0.4, -0.2) is 36.1 Å². The van der Waals surface area contributed by atoms with E-state index >= 15 is 0 Å². The third-order valence-corrected chi connectivity index (χ3v) is 5.46. The number of fused-ring (bicyclic) bond motifs is 1. The molecule has 1 aromatic heterocycles. The average molecular weight is 344 g/mol. The molecule has 3 nitrogen and oxygen atoms in total. The van der Waals surface area contributed by atoms with Crippen LogP contribution in [0.3, 0.4) is 0 Å². The highest BCUT2D eigenvalue weighted by Crippen LogP contribution is 2.40. The highest BCUT2D eigenvalue weighted by atomic mass is 35.5. The van der Waals surface area contributed by atoms with Gasteiger partial charge in [0, 0.05) is 23.2 Å². The molecule has 6 heteroatoms. The number of morpholine rings is 1. The van der Waals surface area contributed by atoms with Crippen LogP contribution >= 0.6 is 34.5 Å². The molecule has 2 heterocycles. The maximum absolute atomic E-state index is 12.7. The summed E-state index contributed by atoms with van der Waals surface area (Å²) in [5.41, 5.74) is 0. The fourth-order valence-corrected chi connectivity index (χ4v) is 4.61. The van der Waals surface area contributed by atoms with Crippen molar-refractivity contribution in [1.82, 2.24) is 4.90 Å². The molecular weight excluding hydrogens is 329 g/mol. The molecule has 0 saturated carbocycles. The first-order chi connectivity index (χ1) is 9.97. The third-order valence-electron chi connectivity index (χ3n) is 3.51. The molecule has 0 aliphatic carbocycles. The lowest BCUT2D eigenvalue weighted by Crippen LogP contribution is -2.48. The lowest BCUT2D eigenvalue weighted by Gasteiger charge is -2.35. The second-order valence-corrected chi connectivity index (χ2v) is 7.16. The second-order valence-electron chi connectivity index (χ2n) is 5.33. The van der Waals surface area contributed by atoms with Gasteiger partial charge in [-0.25, -0.2) is 0 Å². The minimum atomic E-state index is -0.0423. The topological polar surface area (TPSA) is 29.5 Å². The van der Waals surface area contributed by atoms with Crippen molar-refractivity contribution in [3.05, 3.63) is 33.1 Å². The minimum absolute atomic E-state index is 0.0365. The van der Waals surface area contributed by atoms with E-state index in [1.165, 1.54) is 11.3 Å². The van der Waals surface area contributed by atoms with Gasteiger partial charge in [0.25, 0.3) is 5.91 Å². The van der Waals surface area contributed by atoms with E-state index in [1.54, 1.807) is 6.07 Å². The lowest BCUT2D eigenvalue weighted by molar-refractivity contribution is -0.0584. The van der Waals surface area contributed by atoms with Crippen molar-refractivity contribution in [1.29, 1.82) is 0 Å². The Labute approximate surface area is 137 Å². The Morgan fingerprint density at radius 3 is 2.57 bits per heavy atom. The van der Waals surface area contributed by atoms with Gasteiger partial charge in [0.1, 0.15) is 4.88 Å². The van der Waals surface area contributed by atoms with Crippen LogP contribution in [0.1, 0.15) is 23.5 Å². The van der Waals surface area contributed by atoms with E-state index in [4.69, 9.17) is 27.9 Å². The predicted octanol–water partition coefficient (Wildman–Crippen LogP) is 4.46. The molecule has 0 unspecified atom stereocenters. The molecule has 21 heavy (non-hydrogen) atoms. The zero-order valence-corrected chi connectivity index (χ0v) is 14.1. The number of carbonyl (C=O) groups excluding carboxylic acids is 1. The van der Waals surface area contributed by atoms with Crippen LogP contribution in [0, 0.1) is 0 Å². The first-order valence-corrected chi connectivity index (χ1v) is 8.36. The number of ether oxygens (including phenoxy) is 1. The van der Waals surface area contributed by atoms with Crippen molar-refractivity contribution in [2.45, 2.75) is 26.1 Å². The van der Waals surface area contributed by atoms with Gasteiger partial charge >= 0.3 is 0 Å². The molecule has 0 bridgehead atoms. The maximum atomic E-state index is 12.7. The van der Waals surface area contributed by atoms with E-state index in [9.17, 15) is 4.79 Å². The third kappa shape index (κ3) is 2.78. The number of hydrogen-bond donors (Lipinski definition) is 0. The summed E-state index contributed by atoms with van der Waals surface area (Å²) >= 11 is 14.0. The van der Waals surface area contributed by atoms with Crippen LogP contribution in [0.2, 0.25) is 10.0 Å². The summed E-state index contributed by atoms with van der Waals surface area (Å²) in [5, 5.41) is 1.80. The molecule has 3 rings (SSSR count). The predicted molar refractivity (Wildman–Crippen MR) is 87.8 cm³/mol. The summed E-state index contributed by atoms with van der Waals surface area (Å²) in [7, 11) is 0. The number of nitrogens with zero attached hydrogens (tertiary/aromatic N) is 1. The van der Waals surface area contributed by atoms with E-state index in [-0.39, 0.29) is 18.1 Å². The molecule has 0 N–H and O–H groups in total. The Kier molecular flexibility index (Phi) is 4.14. The van der Waals surface area contributed by atoms with Crippen LogP contribution in [0.25, 0.3) is 10.1 Å². The van der Waals surface area contributed by atoms with E-state index in [0.717, 1.165) is 10.1 Å². The highest BCUT2D eigenvalue weighted by Gasteiger charge is 2.29. The summed E-state index contributed by atoms with van der Waals surface area (Å²) in [6.07, 6.45) is 0.0730. The van der Waals surface area contributed by atoms with Crippen molar-refractivity contribution in [2.75, 3.05) is 13.1 Å². The normalized spacial score (nSPS) is 22.8. The molecule has 1 aliphatic rings. The molecule has 1 saturated heterocycles. The molecule has 112 valence electrons. The second kappa shape index (κ2) is 5.76. The first-order valence-electron chi connectivity index (χ1n) is 6.78. The number of halogens is 2. The van der Waals surface area contributed by atoms with Gasteiger partial charge in [0.15, 0.2) is 0 Å². The van der Waals surface area contributed by atoms with Crippen molar-refractivity contribution in [3.8, 4) is 0 Å². The first kappa shape index (κ1) is 15.1. The zero-order valence-electron chi connectivity index (χ0n) is 11.7. The Bertz CT molecular complexity index is 690. The fraction of sp³-hybridized carbons (Fsp3) is 0.400. The Morgan fingerprint density at radius 2 is 1.95 bits per heavy atom. The van der Waals surface area contributed by atoms with Crippen molar-refractivity contribution in [3.63, 3.8) is 0 Å². The van der Waals surface area contributed by atoms with Crippen LogP contribution in [0.15, 0.2) is 18.2 Å². The minimum Gasteiger partial charge on any atom is -0.372 e. The Balaban J connectivity index is 1.98. The van der Waals surface area contributed by atoms with Gasteiger partial charge in [-0.3, -0.25) is 4.79 Å². The van der Waals surface area contributed by atoms with Gasteiger partial charge in [-0.2, -0.15) is 0 Å². The molecule has 1 aromatic carbocycles. The molecule has 2 aromatic rings. The molecule has 1 amide bonds. The summed E-state index contributed by atoms with van der Waals surface area (Å²) in [4.78, 5) is 15.1. The summed E-state index contributed by atoms with van der Waals surface area (Å²) in [6, 6.07) is 5.58. The van der Waals surface area contributed by atoms with E-state index in [1.807, 2.05) is 30.9 Å². The van der Waals surface area contributed by atoms with Crippen LogP contribution < -0.4 is 0 Å². The number of thiophene rings is 1. The number of rotatable bonds is 1. The van der Waals surface area contributed by atoms with Crippen LogP contribution in [0.5, 0.6) is 0 Å². The number of amides is 1. The van der Waals surface area contributed by atoms with Gasteiger partial charge in [-0.05, 0) is 26.0 Å². The summed E-state index contributed by atoms with van der Waals surface area (Å²) in [6.45, 7) is 5.11. The van der Waals surface area contributed by atoms with E-state index < -0.39 is 0 Å². The van der Waals surface area contributed by atoms with E-state index in [2.05, 4.69) is 0 Å². The van der Waals surface area contributed by atoms with Gasteiger partial charge in [0.2, 0.25) is 0 Å². The van der Waals surface area contributed by atoms with Crippen LogP contribution in [-0.2, 0) is 4.74 Å². The smallest absolute Gasteiger partial charge is 0.265 e. The average Bonchev–Trinajstić information content (AvgIpc) is 2.75. The zero-order chi connectivity index (χ0) is 15.1. The summed E-state index contributed by atoms with van der Waals surface area (Å²) in [5.74, 6) is -0.0423. The van der Waals surface area contributed by atoms with Gasteiger partial charge in [-0.15, -0.1) is 11.3 Å². The standard InChI is InChI=1S/C15H15Cl2NO2S/c1-8-6-18(7-9(2)20-8)15(19)14-13(17)12-10(16)4-3-5-11(12)21-14/h3-5,8-9H,6-7H2,1-2H3/t8-,9-/m1/s1. The fourth-order valence-electron chi connectivity index (χ4n) is 2.70. The highest BCUT2D eigenvalue weighted by molar-refractivity contribution is 7.21. The SMILES string of the molecule is C[C@@H]1CN(C(=O)c2sc3cccc(Cl)c3c2Cl)C[C@@H](C)O1. The Hall–Kier alpha value is -0.810. The van der Waals surface area contributed by atoms with E-state index in [0.29, 0.717) is 28.0 Å². The molecule has 2 atom stereocenters. The van der Waals surface area contributed by atoms with Gasteiger partial charge in [-0.1, -0.05) is 29.3 Å². The molecule has 0 radical (unpaired) electrons. The number of benzene rings is 1. The molecular formula is C15H15Cl2NO2S. The Morgan fingerprint density at radius 1 is 1.29 bits per heavy atom. The quantitative estimate of drug-likeness (QED) is 0.765. The monoisotopic (exact) mass is 343 g/mol. The lowest BCUT2D eigenvalue weighted by atomic mass is 10.2. The number of carbonyl (C=O) groups is 1. The van der Waals surface area contributed by atoms with Gasteiger partial charge in [0.05, 0.1) is 22.3 Å².